The van der Waals surface area contributed by atoms with Crippen molar-refractivity contribution in [3.05, 3.63) is 75.4 Å². The van der Waals surface area contributed by atoms with E-state index in [-0.39, 0.29) is 48.2 Å². The molecule has 5 rings (SSSR count). The normalized spacial score (nSPS) is 15.7. The van der Waals surface area contributed by atoms with E-state index in [4.69, 9.17) is 14.7 Å². The number of allylic oxidation sites excluding steroid dienone is 2. The van der Waals surface area contributed by atoms with Gasteiger partial charge in [0.15, 0.2) is 0 Å². The highest BCUT2D eigenvalue weighted by atomic mass is 32.2. The smallest absolute Gasteiger partial charge is 0.338 e. The molecule has 0 saturated carbocycles. The highest BCUT2D eigenvalue weighted by Crippen LogP contribution is 2.43. The van der Waals surface area contributed by atoms with Gasteiger partial charge in [-0.3, -0.25) is 14.6 Å². The summed E-state index contributed by atoms with van der Waals surface area (Å²) in [5, 5.41) is 23.6. The molecule has 5 N–H and O–H groups in total. The molecule has 0 fully saturated rings. The van der Waals surface area contributed by atoms with Crippen LogP contribution in [-0.4, -0.2) is 78.8 Å². The first-order chi connectivity index (χ1) is 27.0. The summed E-state index contributed by atoms with van der Waals surface area (Å²) in [4.78, 5) is 56.3. The predicted molar refractivity (Wildman–Crippen MR) is 232 cm³/mol. The van der Waals surface area contributed by atoms with Crippen LogP contribution in [0.5, 0.6) is 0 Å². The molecule has 1 amide bonds. The van der Waals surface area contributed by atoms with Crippen molar-refractivity contribution in [2.24, 2.45) is 5.41 Å². The van der Waals surface area contributed by atoms with Crippen LogP contribution in [0.2, 0.25) is 0 Å². The lowest BCUT2D eigenvalue weighted by molar-refractivity contribution is -0.137. The number of carboxylic acids is 2. The minimum atomic E-state index is -1.14. The molecule has 0 spiro atoms. The Bertz CT molecular complexity index is 2250. The molecule has 2 atom stereocenters. The van der Waals surface area contributed by atoms with Crippen LogP contribution >= 0.6 is 11.8 Å². The third-order valence-corrected chi connectivity index (χ3v) is 12.7. The van der Waals surface area contributed by atoms with Crippen molar-refractivity contribution in [3.63, 3.8) is 0 Å². The fourth-order valence-electron chi connectivity index (χ4n) is 7.85. The molecule has 2 aliphatic rings. The fourth-order valence-corrected chi connectivity index (χ4v) is 8.94. The van der Waals surface area contributed by atoms with Crippen molar-refractivity contribution in [2.45, 2.75) is 112 Å². The average molecular weight is 798 g/mol. The molecule has 0 aromatic carbocycles. The number of H-pyrrole nitrogens is 2. The Morgan fingerprint density at radius 3 is 2.39 bits per heavy atom. The summed E-state index contributed by atoms with van der Waals surface area (Å²) < 4.78 is 5.76. The van der Waals surface area contributed by atoms with Crippen molar-refractivity contribution in [1.29, 1.82) is 0 Å². The molecule has 2 aliphatic heterocycles. The molecule has 0 radical (unpaired) electrons. The number of hydrogen-bond donors (Lipinski definition) is 5. The maximum Gasteiger partial charge on any atom is 0.338 e. The quantitative estimate of drug-likeness (QED) is 0.0835. The lowest BCUT2D eigenvalue weighted by atomic mass is 9.85. The Labute approximate surface area is 340 Å². The summed E-state index contributed by atoms with van der Waals surface area (Å²) in [6, 6.07) is 5.89. The van der Waals surface area contributed by atoms with E-state index in [9.17, 15) is 24.6 Å². The number of carboxylic acid groups (broad SMARTS) is 2. The van der Waals surface area contributed by atoms with Gasteiger partial charge >= 0.3 is 11.9 Å². The maximum absolute atomic E-state index is 13.9. The van der Waals surface area contributed by atoms with Crippen molar-refractivity contribution >= 4 is 68.9 Å². The number of ether oxygens (including phenoxy) is 1. The van der Waals surface area contributed by atoms with E-state index in [0.29, 0.717) is 58.9 Å². The SMILES string of the molecule is C=Cc1c(C)c2cc3nc(c(CC(=O)NCCSCC(C)(C)CCOC(C)C)c4[nH]c(cc5nc(cc1[nH]2)C(C)=C5CC)c(C)c4C(=O)O)[C@@H](CCC(=O)O)[C@@H]3C. The first-order valence-electron chi connectivity index (χ1n) is 20.0. The van der Waals surface area contributed by atoms with Crippen LogP contribution < -0.4 is 5.32 Å². The number of nitrogens with one attached hydrogen (secondary N) is 3. The van der Waals surface area contributed by atoms with Crippen LogP contribution in [0.1, 0.15) is 141 Å². The number of aryl methyl sites for hydroxylation is 2. The second kappa shape index (κ2) is 18.3. The number of fused-ring (bicyclic) bond motifs is 8. The zero-order valence-electron chi connectivity index (χ0n) is 34.9. The third-order valence-electron chi connectivity index (χ3n) is 11.2. The number of carbonyl (C=O) groups is 3. The molecular formula is C45H59N5O6S. The summed E-state index contributed by atoms with van der Waals surface area (Å²) in [7, 11) is 0. The van der Waals surface area contributed by atoms with E-state index in [2.05, 4.69) is 42.6 Å². The Kier molecular flexibility index (Phi) is 13.9. The van der Waals surface area contributed by atoms with Crippen LogP contribution in [0.3, 0.4) is 0 Å². The van der Waals surface area contributed by atoms with Crippen LogP contribution in [0.15, 0.2) is 24.8 Å². The maximum atomic E-state index is 13.9. The lowest BCUT2D eigenvalue weighted by Crippen LogP contribution is -2.28. The van der Waals surface area contributed by atoms with Crippen molar-refractivity contribution in [2.75, 3.05) is 24.7 Å². The third kappa shape index (κ3) is 9.90. The topological polar surface area (TPSA) is 170 Å². The molecule has 0 aliphatic carbocycles. The lowest BCUT2D eigenvalue weighted by Gasteiger charge is -2.24. The van der Waals surface area contributed by atoms with Gasteiger partial charge in [0, 0.05) is 70.5 Å². The van der Waals surface area contributed by atoms with E-state index < -0.39 is 17.9 Å². The zero-order chi connectivity index (χ0) is 41.8. The minimum Gasteiger partial charge on any atom is -0.481 e. The number of aromatic nitrogens is 4. The summed E-state index contributed by atoms with van der Waals surface area (Å²) in [6.07, 6.45) is 3.66. The molecule has 3 aromatic rings. The number of aliphatic carboxylic acids is 1. The number of rotatable bonds is 17. The van der Waals surface area contributed by atoms with E-state index in [0.717, 1.165) is 56.9 Å². The molecule has 3 aromatic heterocycles. The molecule has 0 unspecified atom stereocenters. The molecule has 0 saturated heterocycles. The van der Waals surface area contributed by atoms with Gasteiger partial charge in [-0.2, -0.15) is 11.8 Å². The van der Waals surface area contributed by atoms with Crippen molar-refractivity contribution < 1.29 is 29.3 Å². The van der Waals surface area contributed by atoms with Crippen LogP contribution in [0, 0.1) is 19.3 Å². The molecule has 5 heterocycles. The molecule has 12 heteroatoms. The van der Waals surface area contributed by atoms with Crippen molar-refractivity contribution in [3.8, 4) is 0 Å². The zero-order valence-corrected chi connectivity index (χ0v) is 35.8. The van der Waals surface area contributed by atoms with Gasteiger partial charge in [-0.25, -0.2) is 9.78 Å². The molecule has 57 heavy (non-hydrogen) atoms. The highest BCUT2D eigenvalue weighted by molar-refractivity contribution is 7.99. The highest BCUT2D eigenvalue weighted by Gasteiger charge is 2.33. The van der Waals surface area contributed by atoms with E-state index in [1.807, 2.05) is 58.9 Å². The number of amides is 1. The first-order valence-corrected chi connectivity index (χ1v) is 21.1. The van der Waals surface area contributed by atoms with E-state index >= 15 is 0 Å². The van der Waals surface area contributed by atoms with Gasteiger partial charge < -0.3 is 30.2 Å². The fraction of sp³-hybridized carbons (Fsp3) is 0.489. The van der Waals surface area contributed by atoms with Gasteiger partial charge in [-0.1, -0.05) is 40.3 Å². The monoisotopic (exact) mass is 797 g/mol. The standard InChI is InChI=1S/C45H59N5O6S/c1-11-29-25(5)33-20-35-27(7)31(13-14-40(52)53)42(49-35)32(19-39(51)46-16-18-57-23-45(9,10)15-17-56-24(3)4)43-41(44(54)55)28(8)36(50-43)22-38-30(12-2)26(6)34(48-38)21-37(29)47-33/h11,20-22,24,27,31,47,50H,1,12-19,23H2,2-10H3,(H,46,51)(H,52,53)(H,54,55)/t27-,31-/m0/s1. The number of thioether (sulfide) groups is 1. The largest absolute Gasteiger partial charge is 0.481 e. The van der Waals surface area contributed by atoms with Crippen LogP contribution in [0.25, 0.3) is 39.3 Å². The van der Waals surface area contributed by atoms with Gasteiger partial charge in [0.2, 0.25) is 5.91 Å². The summed E-state index contributed by atoms with van der Waals surface area (Å²) in [5.74, 6) is -1.36. The number of carbonyl (C=O) groups excluding carboxylic acids is 1. The second-order valence-corrected chi connectivity index (χ2v) is 17.4. The van der Waals surface area contributed by atoms with E-state index in [1.54, 1.807) is 18.7 Å². The molecule has 11 nitrogen and oxygen atoms in total. The number of nitrogens with zero attached hydrogens (tertiary/aromatic N) is 2. The van der Waals surface area contributed by atoms with Crippen LogP contribution in [-0.2, 0) is 20.7 Å². The van der Waals surface area contributed by atoms with Gasteiger partial charge in [0.1, 0.15) is 0 Å². The Morgan fingerprint density at radius 2 is 1.74 bits per heavy atom. The Morgan fingerprint density at radius 1 is 1.04 bits per heavy atom. The van der Waals surface area contributed by atoms with Gasteiger partial charge in [-0.05, 0) is 106 Å². The average Bonchev–Trinajstić information content (AvgIpc) is 3.82. The predicted octanol–water partition coefficient (Wildman–Crippen LogP) is 9.60. The number of hydrogen-bond acceptors (Lipinski definition) is 7. The molecule has 8 bridgehead atoms. The van der Waals surface area contributed by atoms with Gasteiger partial charge in [0.25, 0.3) is 0 Å². The summed E-state index contributed by atoms with van der Waals surface area (Å²) in [6.45, 7) is 23.6. The van der Waals surface area contributed by atoms with Gasteiger partial charge in [-0.15, -0.1) is 0 Å². The Balaban J connectivity index is 1.69. The number of aromatic carboxylic acids is 1. The minimum absolute atomic E-state index is 0.0468. The summed E-state index contributed by atoms with van der Waals surface area (Å²) in [5.41, 5.74) is 10.4. The molecule has 306 valence electrons. The van der Waals surface area contributed by atoms with Crippen molar-refractivity contribution in [1.82, 2.24) is 25.3 Å². The van der Waals surface area contributed by atoms with Gasteiger partial charge in [0.05, 0.1) is 40.7 Å². The Hall–Kier alpha value is -4.68. The molecular weight excluding hydrogens is 739 g/mol. The van der Waals surface area contributed by atoms with Crippen LogP contribution in [0.4, 0.5) is 0 Å². The second-order valence-electron chi connectivity index (χ2n) is 16.3. The summed E-state index contributed by atoms with van der Waals surface area (Å²) >= 11 is 1.77. The first kappa shape index (κ1) is 43.4. The number of aromatic amines is 2. The van der Waals surface area contributed by atoms with E-state index in [1.165, 1.54) is 0 Å².